The quantitative estimate of drug-likeness (QED) is 0.697. The van der Waals surface area contributed by atoms with E-state index in [0.29, 0.717) is 6.61 Å². The van der Waals surface area contributed by atoms with Crippen LogP contribution in [0, 0.1) is 0 Å². The van der Waals surface area contributed by atoms with Crippen molar-refractivity contribution in [1.82, 2.24) is 9.78 Å². The second kappa shape index (κ2) is 5.90. The van der Waals surface area contributed by atoms with Gasteiger partial charge in [0, 0.05) is 7.05 Å². The van der Waals surface area contributed by atoms with Gasteiger partial charge in [-0.25, -0.2) is 0 Å². The summed E-state index contributed by atoms with van der Waals surface area (Å²) >= 11 is 3.61. The van der Waals surface area contributed by atoms with Gasteiger partial charge >= 0.3 is 0 Å². The molecule has 3 rings (SSSR count). The Morgan fingerprint density at radius 2 is 1.90 bits per heavy atom. The van der Waals surface area contributed by atoms with E-state index in [1.165, 1.54) is 10.8 Å². The molecule has 0 N–H and O–H groups in total. The van der Waals surface area contributed by atoms with Gasteiger partial charge in [-0.05, 0) is 45.3 Å². The number of hydrogen-bond donors (Lipinski definition) is 0. The van der Waals surface area contributed by atoms with E-state index in [0.717, 1.165) is 28.0 Å². The molecule has 0 aliphatic carbocycles. The van der Waals surface area contributed by atoms with Gasteiger partial charge < -0.3 is 4.74 Å². The van der Waals surface area contributed by atoms with Crippen molar-refractivity contribution in [3.8, 4) is 5.75 Å². The smallest absolute Gasteiger partial charge is 0.131 e. The fourth-order valence-electron chi connectivity index (χ4n) is 2.39. The maximum atomic E-state index is 5.93. The molecule has 4 heteroatoms. The van der Waals surface area contributed by atoms with E-state index in [1.54, 1.807) is 0 Å². The number of aryl methyl sites for hydroxylation is 2. The molecule has 108 valence electrons. The first kappa shape index (κ1) is 14.1. The van der Waals surface area contributed by atoms with E-state index in [1.807, 2.05) is 29.9 Å². The van der Waals surface area contributed by atoms with Crippen LogP contribution in [0.5, 0.6) is 5.75 Å². The molecule has 0 saturated carbocycles. The summed E-state index contributed by atoms with van der Waals surface area (Å²) in [7, 11) is 1.95. The van der Waals surface area contributed by atoms with Crippen LogP contribution in [0.15, 0.2) is 46.9 Å². The summed E-state index contributed by atoms with van der Waals surface area (Å²) in [6.07, 6.45) is 0.907. The average molecular weight is 345 g/mol. The predicted molar refractivity (Wildman–Crippen MR) is 88.6 cm³/mol. The molecular formula is C17H17BrN2O. The lowest BCUT2D eigenvalue weighted by atomic mass is 10.1. The Morgan fingerprint density at radius 3 is 2.62 bits per heavy atom. The van der Waals surface area contributed by atoms with Crippen LogP contribution in [-0.2, 0) is 20.1 Å². The first-order valence-electron chi connectivity index (χ1n) is 7.01. The number of ether oxygens (including phenoxy) is 1. The average Bonchev–Trinajstić information content (AvgIpc) is 2.79. The van der Waals surface area contributed by atoms with E-state index >= 15 is 0 Å². The van der Waals surface area contributed by atoms with Gasteiger partial charge in [-0.1, -0.05) is 37.3 Å². The summed E-state index contributed by atoms with van der Waals surface area (Å²) in [6, 6.07) is 14.4. The lowest BCUT2D eigenvalue weighted by Crippen LogP contribution is -2.03. The number of hydrogen-bond acceptors (Lipinski definition) is 2. The zero-order chi connectivity index (χ0) is 14.8. The Kier molecular flexibility index (Phi) is 3.97. The summed E-state index contributed by atoms with van der Waals surface area (Å²) < 4.78 is 8.86. The van der Waals surface area contributed by atoms with Crippen molar-refractivity contribution >= 4 is 26.7 Å². The molecule has 2 aromatic carbocycles. The fourth-order valence-corrected chi connectivity index (χ4v) is 3.12. The lowest BCUT2D eigenvalue weighted by Gasteiger charge is -2.08. The standard InChI is InChI=1S/C17H17BrN2O/c1-3-15-17(18)16(20(2)19-15)11-21-14-9-8-12-6-4-5-7-13(12)10-14/h4-10H,3,11H2,1-2H3. The van der Waals surface area contributed by atoms with Crippen molar-refractivity contribution in [2.24, 2.45) is 7.05 Å². The molecule has 0 aliphatic heterocycles. The van der Waals surface area contributed by atoms with Crippen molar-refractivity contribution in [2.75, 3.05) is 0 Å². The van der Waals surface area contributed by atoms with E-state index in [-0.39, 0.29) is 0 Å². The highest BCUT2D eigenvalue weighted by Gasteiger charge is 2.12. The Hall–Kier alpha value is -1.81. The van der Waals surface area contributed by atoms with Crippen LogP contribution in [-0.4, -0.2) is 9.78 Å². The minimum Gasteiger partial charge on any atom is -0.487 e. The van der Waals surface area contributed by atoms with Gasteiger partial charge in [0.05, 0.1) is 15.9 Å². The Balaban J connectivity index is 1.81. The molecule has 3 aromatic rings. The maximum absolute atomic E-state index is 5.93. The van der Waals surface area contributed by atoms with Gasteiger partial charge in [0.15, 0.2) is 0 Å². The van der Waals surface area contributed by atoms with Gasteiger partial charge in [-0.3, -0.25) is 4.68 Å². The molecule has 0 saturated heterocycles. The monoisotopic (exact) mass is 344 g/mol. The first-order valence-corrected chi connectivity index (χ1v) is 7.80. The molecule has 3 nitrogen and oxygen atoms in total. The summed E-state index contributed by atoms with van der Waals surface area (Å²) in [5.74, 6) is 0.875. The predicted octanol–water partition coefficient (Wildman–Crippen LogP) is 4.48. The zero-order valence-electron chi connectivity index (χ0n) is 12.1. The van der Waals surface area contributed by atoms with Crippen molar-refractivity contribution < 1.29 is 4.74 Å². The molecule has 0 spiro atoms. The molecule has 0 bridgehead atoms. The molecule has 0 fully saturated rings. The summed E-state index contributed by atoms with van der Waals surface area (Å²) in [6.45, 7) is 2.60. The molecule has 0 unspecified atom stereocenters. The Labute approximate surface area is 132 Å². The number of aromatic nitrogens is 2. The second-order valence-electron chi connectivity index (χ2n) is 4.98. The van der Waals surface area contributed by atoms with Crippen LogP contribution in [0.1, 0.15) is 18.3 Å². The molecule has 21 heavy (non-hydrogen) atoms. The third-order valence-corrected chi connectivity index (χ3v) is 4.51. The van der Waals surface area contributed by atoms with Crippen LogP contribution in [0.4, 0.5) is 0 Å². The molecule has 0 amide bonds. The summed E-state index contributed by atoms with van der Waals surface area (Å²) in [5.41, 5.74) is 2.12. The maximum Gasteiger partial charge on any atom is 0.131 e. The van der Waals surface area contributed by atoms with Crippen LogP contribution in [0.3, 0.4) is 0 Å². The topological polar surface area (TPSA) is 27.1 Å². The SMILES string of the molecule is CCc1nn(C)c(COc2ccc3ccccc3c2)c1Br. The number of nitrogens with zero attached hydrogens (tertiary/aromatic N) is 2. The van der Waals surface area contributed by atoms with Gasteiger partial charge in [0.25, 0.3) is 0 Å². The zero-order valence-corrected chi connectivity index (χ0v) is 13.7. The fraction of sp³-hybridized carbons (Fsp3) is 0.235. The van der Waals surface area contributed by atoms with Gasteiger partial charge in [-0.2, -0.15) is 5.10 Å². The van der Waals surface area contributed by atoms with Crippen molar-refractivity contribution in [1.29, 1.82) is 0 Å². The molecule has 0 atom stereocenters. The second-order valence-corrected chi connectivity index (χ2v) is 5.78. The van der Waals surface area contributed by atoms with Crippen molar-refractivity contribution in [3.05, 3.63) is 58.3 Å². The van der Waals surface area contributed by atoms with Crippen LogP contribution in [0.25, 0.3) is 10.8 Å². The van der Waals surface area contributed by atoms with Crippen LogP contribution >= 0.6 is 15.9 Å². The van der Waals surface area contributed by atoms with E-state index in [9.17, 15) is 0 Å². The van der Waals surface area contributed by atoms with E-state index < -0.39 is 0 Å². The van der Waals surface area contributed by atoms with Crippen LogP contribution < -0.4 is 4.74 Å². The third kappa shape index (κ3) is 2.81. The van der Waals surface area contributed by atoms with Gasteiger partial charge in [0.1, 0.15) is 12.4 Å². The van der Waals surface area contributed by atoms with Crippen LogP contribution in [0.2, 0.25) is 0 Å². The summed E-state index contributed by atoms with van der Waals surface area (Å²) in [5, 5.41) is 6.89. The van der Waals surface area contributed by atoms with E-state index in [4.69, 9.17) is 4.74 Å². The number of fused-ring (bicyclic) bond motifs is 1. The lowest BCUT2D eigenvalue weighted by molar-refractivity contribution is 0.294. The van der Waals surface area contributed by atoms with E-state index in [2.05, 4.69) is 52.2 Å². The normalized spacial score (nSPS) is 11.0. The number of benzene rings is 2. The molecule has 1 heterocycles. The largest absolute Gasteiger partial charge is 0.487 e. The summed E-state index contributed by atoms with van der Waals surface area (Å²) in [4.78, 5) is 0. The highest BCUT2D eigenvalue weighted by atomic mass is 79.9. The van der Waals surface area contributed by atoms with Gasteiger partial charge in [-0.15, -0.1) is 0 Å². The Morgan fingerprint density at radius 1 is 1.14 bits per heavy atom. The molecule has 0 aliphatic rings. The minimum absolute atomic E-state index is 0.502. The highest BCUT2D eigenvalue weighted by Crippen LogP contribution is 2.25. The van der Waals surface area contributed by atoms with Crippen molar-refractivity contribution in [3.63, 3.8) is 0 Å². The Bertz CT molecular complexity index is 780. The molecular weight excluding hydrogens is 328 g/mol. The van der Waals surface area contributed by atoms with Crippen molar-refractivity contribution in [2.45, 2.75) is 20.0 Å². The minimum atomic E-state index is 0.502. The third-order valence-electron chi connectivity index (χ3n) is 3.60. The molecule has 1 aromatic heterocycles. The molecule has 0 radical (unpaired) electrons. The number of rotatable bonds is 4. The number of halogens is 1. The van der Waals surface area contributed by atoms with Gasteiger partial charge in [0.2, 0.25) is 0 Å². The highest BCUT2D eigenvalue weighted by molar-refractivity contribution is 9.10. The first-order chi connectivity index (χ1) is 10.2.